The first kappa shape index (κ1) is 36.8. The Balaban J connectivity index is 4.62. The van der Waals surface area contributed by atoms with Gasteiger partial charge in [-0.2, -0.15) is 0 Å². The third kappa shape index (κ3) is 22.7. The van der Waals surface area contributed by atoms with E-state index in [-0.39, 0.29) is 23.6 Å². The van der Waals surface area contributed by atoms with Crippen molar-refractivity contribution < 1.29 is 19.2 Å². The molecule has 0 atom stereocenters. The Morgan fingerprint density at radius 1 is 0.400 bits per heavy atom. The van der Waals surface area contributed by atoms with E-state index in [4.69, 9.17) is 0 Å². The molecule has 0 unspecified atom stereocenters. The van der Waals surface area contributed by atoms with Gasteiger partial charge in [-0.25, -0.2) is 0 Å². The lowest BCUT2D eigenvalue weighted by Gasteiger charge is -2.25. The fourth-order valence-corrected chi connectivity index (χ4v) is 4.00. The molecule has 0 aliphatic rings. The van der Waals surface area contributed by atoms with Gasteiger partial charge in [0.05, 0.1) is 0 Å². The van der Waals surface area contributed by atoms with Gasteiger partial charge in [-0.1, -0.05) is 26.3 Å². The second-order valence-electron chi connectivity index (χ2n) is 9.49. The number of carbonyl (C=O) groups is 4. The van der Waals surface area contributed by atoms with Gasteiger partial charge in [0.15, 0.2) is 0 Å². The molecule has 40 heavy (non-hydrogen) atoms. The van der Waals surface area contributed by atoms with Crippen molar-refractivity contribution in [2.24, 2.45) is 0 Å². The van der Waals surface area contributed by atoms with Crippen LogP contribution in [0.2, 0.25) is 0 Å². The molecule has 0 saturated heterocycles. The van der Waals surface area contributed by atoms with Gasteiger partial charge in [0.25, 0.3) is 0 Å². The first-order chi connectivity index (χ1) is 19.4. The number of rotatable bonds is 27. The predicted octanol–water partition coefficient (Wildman–Crippen LogP) is 1.92. The zero-order valence-electron chi connectivity index (χ0n) is 24.4. The Kier molecular flexibility index (Phi) is 23.9. The molecule has 0 bridgehead atoms. The molecule has 10 heteroatoms. The molecular weight excluding hydrogens is 508 g/mol. The summed E-state index contributed by atoms with van der Waals surface area (Å²) in [5, 5.41) is 11.3. The van der Waals surface area contributed by atoms with Crippen molar-refractivity contribution in [2.75, 3.05) is 65.4 Å². The Hall–Kier alpha value is -3.24. The molecule has 4 amide bonds. The summed E-state index contributed by atoms with van der Waals surface area (Å²) in [6.07, 6.45) is 12.7. The highest BCUT2D eigenvalue weighted by atomic mass is 16.2. The van der Waals surface area contributed by atoms with Gasteiger partial charge in [-0.3, -0.25) is 19.2 Å². The molecule has 0 heterocycles. The van der Waals surface area contributed by atoms with E-state index in [1.165, 1.54) is 24.3 Å². The van der Waals surface area contributed by atoms with Crippen LogP contribution in [0.4, 0.5) is 0 Å². The minimum Gasteiger partial charge on any atom is -0.353 e. The number of hydrogen-bond acceptors (Lipinski definition) is 6. The van der Waals surface area contributed by atoms with Crippen LogP contribution in [-0.4, -0.2) is 98.9 Å². The van der Waals surface area contributed by atoms with Gasteiger partial charge in [-0.05, 0) is 115 Å². The molecule has 0 fully saturated rings. The smallest absolute Gasteiger partial charge is 0.243 e. The van der Waals surface area contributed by atoms with Crippen LogP contribution < -0.4 is 21.3 Å². The third-order valence-corrected chi connectivity index (χ3v) is 6.24. The van der Waals surface area contributed by atoms with Gasteiger partial charge in [0.1, 0.15) is 0 Å². The number of nitrogens with one attached hydrogen (secondary N) is 4. The summed E-state index contributed by atoms with van der Waals surface area (Å²) < 4.78 is 0. The molecule has 0 aliphatic carbocycles. The van der Waals surface area contributed by atoms with Crippen molar-refractivity contribution in [2.45, 2.75) is 51.4 Å². The molecule has 226 valence electrons. The monoisotopic (exact) mass is 560 g/mol. The second kappa shape index (κ2) is 26.0. The maximum atomic E-state index is 11.4. The Labute approximate surface area is 241 Å². The lowest BCUT2D eigenvalue weighted by atomic mass is 10.2. The van der Waals surface area contributed by atoms with E-state index in [1.807, 2.05) is 0 Å². The molecular formula is C30H52N6O4. The third-order valence-electron chi connectivity index (χ3n) is 6.24. The fourth-order valence-electron chi connectivity index (χ4n) is 4.00. The minimum atomic E-state index is -0.156. The summed E-state index contributed by atoms with van der Waals surface area (Å²) in [5.74, 6) is -0.610. The summed E-state index contributed by atoms with van der Waals surface area (Å²) in [6, 6.07) is 0. The molecule has 0 saturated carbocycles. The average Bonchev–Trinajstić information content (AvgIpc) is 2.97. The van der Waals surface area contributed by atoms with Gasteiger partial charge in [0, 0.05) is 26.2 Å². The van der Waals surface area contributed by atoms with E-state index >= 15 is 0 Å². The van der Waals surface area contributed by atoms with Crippen molar-refractivity contribution in [3.05, 3.63) is 50.6 Å². The van der Waals surface area contributed by atoms with Crippen molar-refractivity contribution in [3.63, 3.8) is 0 Å². The summed E-state index contributed by atoms with van der Waals surface area (Å²) >= 11 is 0. The predicted molar refractivity (Wildman–Crippen MR) is 163 cm³/mol. The average molecular weight is 561 g/mol. The normalized spacial score (nSPS) is 10.6. The van der Waals surface area contributed by atoms with Crippen LogP contribution in [0.3, 0.4) is 0 Å². The van der Waals surface area contributed by atoms with Gasteiger partial charge in [-0.15, -0.1) is 0 Å². The molecule has 10 nitrogen and oxygen atoms in total. The van der Waals surface area contributed by atoms with Crippen LogP contribution in [0.25, 0.3) is 0 Å². The zero-order valence-corrected chi connectivity index (χ0v) is 24.4. The maximum absolute atomic E-state index is 11.4. The molecule has 0 rings (SSSR count). The van der Waals surface area contributed by atoms with Crippen LogP contribution in [-0.2, 0) is 19.2 Å². The van der Waals surface area contributed by atoms with Crippen molar-refractivity contribution in [3.8, 4) is 0 Å². The second-order valence-corrected chi connectivity index (χ2v) is 9.49. The highest BCUT2D eigenvalue weighted by Gasteiger charge is 2.09. The van der Waals surface area contributed by atoms with Gasteiger partial charge >= 0.3 is 0 Å². The lowest BCUT2D eigenvalue weighted by molar-refractivity contribution is -0.117. The topological polar surface area (TPSA) is 123 Å². The van der Waals surface area contributed by atoms with Crippen molar-refractivity contribution in [1.82, 2.24) is 31.1 Å². The van der Waals surface area contributed by atoms with Crippen LogP contribution in [0.15, 0.2) is 50.6 Å². The summed E-state index contributed by atoms with van der Waals surface area (Å²) in [4.78, 5) is 50.3. The molecule has 0 radical (unpaired) electrons. The summed E-state index contributed by atoms with van der Waals surface area (Å²) in [5.41, 5.74) is 0. The van der Waals surface area contributed by atoms with E-state index in [9.17, 15) is 19.2 Å². The van der Waals surface area contributed by atoms with E-state index in [0.717, 1.165) is 90.6 Å². The molecule has 0 spiro atoms. The highest BCUT2D eigenvalue weighted by Crippen LogP contribution is 2.05. The number of carbonyl (C=O) groups excluding carboxylic acids is 4. The minimum absolute atomic E-state index is 0.149. The largest absolute Gasteiger partial charge is 0.353 e. The van der Waals surface area contributed by atoms with Crippen molar-refractivity contribution >= 4 is 23.6 Å². The Morgan fingerprint density at radius 3 is 0.900 bits per heavy atom. The van der Waals surface area contributed by atoms with Crippen LogP contribution >= 0.6 is 0 Å². The van der Waals surface area contributed by atoms with Crippen LogP contribution in [0, 0.1) is 0 Å². The quantitative estimate of drug-likeness (QED) is 0.0900. The highest BCUT2D eigenvalue weighted by molar-refractivity contribution is 5.87. The lowest BCUT2D eigenvalue weighted by Crippen LogP contribution is -2.33. The standard InChI is InChI=1S/C30H52N6O4/c1-5-27(37)31-17-9-11-21-35(25-15-19-33-29(39)7-3)23-13-14-24-36(26-16-20-34-30(40)8-4)22-12-10-18-32-28(38)6-2/h5-8H,1-4,9-26H2,(H,31,37)(H,32,38)(H,33,39)(H,34,40). The first-order valence-corrected chi connectivity index (χ1v) is 14.4. The summed E-state index contributed by atoms with van der Waals surface area (Å²) in [7, 11) is 0. The van der Waals surface area contributed by atoms with Crippen LogP contribution in [0.1, 0.15) is 51.4 Å². The fraction of sp³-hybridized carbons (Fsp3) is 0.600. The number of amides is 4. The number of hydrogen-bond donors (Lipinski definition) is 4. The Morgan fingerprint density at radius 2 is 0.625 bits per heavy atom. The summed E-state index contributed by atoms with van der Waals surface area (Å²) in [6.45, 7) is 22.0. The molecule has 4 N–H and O–H groups in total. The molecule has 0 aromatic rings. The van der Waals surface area contributed by atoms with Gasteiger partial charge in [0.2, 0.25) is 23.6 Å². The molecule has 0 aromatic heterocycles. The SMILES string of the molecule is C=CC(=O)NCCCCN(CCCCN(CCCCNC(=O)C=C)CCCNC(=O)C=C)CCCNC(=O)C=C. The van der Waals surface area contributed by atoms with E-state index in [2.05, 4.69) is 57.4 Å². The first-order valence-electron chi connectivity index (χ1n) is 14.4. The number of unbranched alkanes of at least 4 members (excludes halogenated alkanes) is 3. The van der Waals surface area contributed by atoms with E-state index in [0.29, 0.717) is 26.2 Å². The zero-order chi connectivity index (χ0) is 29.8. The van der Waals surface area contributed by atoms with E-state index in [1.54, 1.807) is 0 Å². The molecule has 0 aliphatic heterocycles. The Bertz CT molecular complexity index is 722. The van der Waals surface area contributed by atoms with Crippen molar-refractivity contribution in [1.29, 1.82) is 0 Å². The van der Waals surface area contributed by atoms with E-state index < -0.39 is 0 Å². The van der Waals surface area contributed by atoms with Gasteiger partial charge < -0.3 is 31.1 Å². The maximum Gasteiger partial charge on any atom is 0.243 e. The number of nitrogens with zero attached hydrogens (tertiary/aromatic N) is 2. The molecule has 0 aromatic carbocycles. The van der Waals surface area contributed by atoms with Crippen LogP contribution in [0.5, 0.6) is 0 Å².